The first kappa shape index (κ1) is 14.3. The lowest BCUT2D eigenvalue weighted by atomic mass is 10.1. The van der Waals surface area contributed by atoms with E-state index < -0.39 is 0 Å². The van der Waals surface area contributed by atoms with Crippen LogP contribution in [0.15, 0.2) is 41.8 Å². The van der Waals surface area contributed by atoms with Crippen LogP contribution in [0.1, 0.15) is 44.3 Å². The molecule has 0 saturated carbocycles. The Morgan fingerprint density at radius 2 is 1.94 bits per heavy atom. The minimum Gasteiger partial charge on any atom is -0.389 e. The zero-order valence-electron chi connectivity index (χ0n) is 10.6. The van der Waals surface area contributed by atoms with Crippen molar-refractivity contribution in [1.29, 1.82) is 0 Å². The largest absolute Gasteiger partial charge is 0.389 e. The second-order valence-corrected chi connectivity index (χ2v) is 5.40. The van der Waals surface area contributed by atoms with Gasteiger partial charge in [-0.3, -0.25) is 0 Å². The van der Waals surface area contributed by atoms with Crippen molar-refractivity contribution in [2.75, 3.05) is 5.75 Å². The highest BCUT2D eigenvalue weighted by Crippen LogP contribution is 2.22. The Morgan fingerprint density at radius 3 is 2.53 bits per heavy atom. The van der Waals surface area contributed by atoms with Crippen LogP contribution >= 0.6 is 11.8 Å². The van der Waals surface area contributed by atoms with E-state index in [1.165, 1.54) is 29.9 Å². The van der Waals surface area contributed by atoms with Crippen LogP contribution in [0.25, 0.3) is 0 Å². The molecule has 1 nitrogen and oxygen atoms in total. The normalized spacial score (nSPS) is 12.4. The van der Waals surface area contributed by atoms with Gasteiger partial charge in [0, 0.05) is 4.90 Å². The molecule has 0 amide bonds. The number of hydrogen-bond donors (Lipinski definition) is 1. The molecule has 0 radical (unpaired) electrons. The summed E-state index contributed by atoms with van der Waals surface area (Å²) in [5.74, 6) is 1.17. The molecule has 0 aliphatic heterocycles. The summed E-state index contributed by atoms with van der Waals surface area (Å²) in [6.07, 6.45) is 6.55. The van der Waals surface area contributed by atoms with E-state index in [1.54, 1.807) is 6.92 Å². The van der Waals surface area contributed by atoms with Crippen molar-refractivity contribution >= 4 is 11.8 Å². The second-order valence-electron chi connectivity index (χ2n) is 4.23. The lowest BCUT2D eigenvalue weighted by Gasteiger charge is -2.06. The molecule has 1 aromatic rings. The molecule has 1 unspecified atom stereocenters. The van der Waals surface area contributed by atoms with Crippen molar-refractivity contribution in [1.82, 2.24) is 0 Å². The minimum absolute atomic E-state index is 0.368. The average Bonchev–Trinajstić information content (AvgIpc) is 2.34. The van der Waals surface area contributed by atoms with Crippen LogP contribution in [0.3, 0.4) is 0 Å². The molecule has 0 heterocycles. The van der Waals surface area contributed by atoms with E-state index in [0.29, 0.717) is 0 Å². The van der Waals surface area contributed by atoms with Crippen LogP contribution in [-0.2, 0) is 0 Å². The van der Waals surface area contributed by atoms with Gasteiger partial charge in [-0.05, 0) is 49.6 Å². The maximum Gasteiger partial charge on any atom is 0.0761 e. The van der Waals surface area contributed by atoms with Gasteiger partial charge in [-0.15, -0.1) is 18.3 Å². The number of hydrogen-bond acceptors (Lipinski definition) is 2. The van der Waals surface area contributed by atoms with Gasteiger partial charge in [0.25, 0.3) is 0 Å². The van der Waals surface area contributed by atoms with Gasteiger partial charge in [-0.25, -0.2) is 0 Å². The summed E-state index contributed by atoms with van der Waals surface area (Å²) in [6.45, 7) is 5.52. The molecule has 0 bridgehead atoms. The molecule has 0 aliphatic rings. The predicted molar refractivity (Wildman–Crippen MR) is 76.5 cm³/mol. The molecule has 0 saturated heterocycles. The van der Waals surface area contributed by atoms with Crippen molar-refractivity contribution in [2.45, 2.75) is 43.6 Å². The van der Waals surface area contributed by atoms with Crippen molar-refractivity contribution in [3.05, 3.63) is 42.5 Å². The van der Waals surface area contributed by atoms with E-state index in [1.807, 2.05) is 30.0 Å². The van der Waals surface area contributed by atoms with E-state index in [0.717, 1.165) is 12.0 Å². The topological polar surface area (TPSA) is 20.2 Å². The third-order valence-electron chi connectivity index (χ3n) is 2.68. The van der Waals surface area contributed by atoms with Gasteiger partial charge < -0.3 is 5.11 Å². The highest BCUT2D eigenvalue weighted by molar-refractivity contribution is 7.99. The first-order valence-corrected chi connectivity index (χ1v) is 7.24. The quantitative estimate of drug-likeness (QED) is 0.414. The summed E-state index contributed by atoms with van der Waals surface area (Å²) in [6, 6.07) is 8.20. The molecule has 0 fully saturated rings. The summed E-state index contributed by atoms with van der Waals surface area (Å²) < 4.78 is 0. The predicted octanol–water partition coefficient (Wildman–Crippen LogP) is 4.58. The van der Waals surface area contributed by atoms with Crippen LogP contribution in [0, 0.1) is 0 Å². The van der Waals surface area contributed by atoms with Gasteiger partial charge in [0.2, 0.25) is 0 Å². The molecule has 94 valence electrons. The summed E-state index contributed by atoms with van der Waals surface area (Å²) in [7, 11) is 0. The van der Waals surface area contributed by atoms with Crippen LogP contribution in [0.5, 0.6) is 0 Å². The number of aliphatic hydroxyl groups excluding tert-OH is 1. The fourth-order valence-electron chi connectivity index (χ4n) is 1.60. The molecule has 0 spiro atoms. The number of aliphatic hydroxyl groups is 1. The van der Waals surface area contributed by atoms with Crippen LogP contribution in [-0.4, -0.2) is 10.9 Å². The fourth-order valence-corrected chi connectivity index (χ4v) is 2.51. The first-order chi connectivity index (χ1) is 8.24. The Hall–Kier alpha value is -0.730. The van der Waals surface area contributed by atoms with Crippen molar-refractivity contribution in [3.63, 3.8) is 0 Å². The molecule has 1 aromatic carbocycles. The number of benzene rings is 1. The SMILES string of the molecule is C=CCCCCCSc1ccc(C(C)O)cc1. The number of unbranched alkanes of at least 4 members (excludes halogenated alkanes) is 3. The lowest BCUT2D eigenvalue weighted by Crippen LogP contribution is -1.89. The van der Waals surface area contributed by atoms with E-state index in [-0.39, 0.29) is 6.10 Å². The van der Waals surface area contributed by atoms with E-state index in [2.05, 4.69) is 18.7 Å². The summed E-state index contributed by atoms with van der Waals surface area (Å²) in [4.78, 5) is 1.29. The van der Waals surface area contributed by atoms with Gasteiger partial charge in [-0.1, -0.05) is 24.6 Å². The van der Waals surface area contributed by atoms with Gasteiger partial charge in [-0.2, -0.15) is 0 Å². The maximum absolute atomic E-state index is 9.40. The first-order valence-electron chi connectivity index (χ1n) is 6.25. The van der Waals surface area contributed by atoms with Crippen molar-refractivity contribution < 1.29 is 5.11 Å². The van der Waals surface area contributed by atoms with Gasteiger partial charge in [0.15, 0.2) is 0 Å². The molecular formula is C15H22OS. The Balaban J connectivity index is 2.21. The monoisotopic (exact) mass is 250 g/mol. The summed E-state index contributed by atoms with van der Waals surface area (Å²) >= 11 is 1.89. The minimum atomic E-state index is -0.368. The molecular weight excluding hydrogens is 228 g/mol. The van der Waals surface area contributed by atoms with Crippen molar-refractivity contribution in [2.24, 2.45) is 0 Å². The average molecular weight is 250 g/mol. The molecule has 2 heteroatoms. The Bertz CT molecular complexity index is 316. The van der Waals surface area contributed by atoms with Crippen molar-refractivity contribution in [3.8, 4) is 0 Å². The molecule has 1 N–H and O–H groups in total. The van der Waals surface area contributed by atoms with Crippen LogP contribution in [0.4, 0.5) is 0 Å². The van der Waals surface area contributed by atoms with Crippen LogP contribution in [0.2, 0.25) is 0 Å². The third-order valence-corrected chi connectivity index (χ3v) is 3.78. The number of thioether (sulfide) groups is 1. The lowest BCUT2D eigenvalue weighted by molar-refractivity contribution is 0.199. The highest BCUT2D eigenvalue weighted by atomic mass is 32.2. The Labute approximate surface area is 109 Å². The molecule has 1 rings (SSSR count). The summed E-state index contributed by atoms with van der Waals surface area (Å²) in [5, 5.41) is 9.40. The Morgan fingerprint density at radius 1 is 1.24 bits per heavy atom. The van der Waals surface area contributed by atoms with E-state index >= 15 is 0 Å². The Kier molecular flexibility index (Phi) is 7.06. The molecule has 1 atom stereocenters. The molecule has 0 aromatic heterocycles. The standard InChI is InChI=1S/C15H22OS/c1-3-4-5-6-7-12-17-15-10-8-14(9-11-15)13(2)16/h3,8-11,13,16H,1,4-7,12H2,2H3. The maximum atomic E-state index is 9.40. The number of rotatable bonds is 8. The van der Waals surface area contributed by atoms with Gasteiger partial charge in [0.1, 0.15) is 0 Å². The zero-order chi connectivity index (χ0) is 12.5. The number of allylic oxidation sites excluding steroid dienone is 1. The molecule has 0 aliphatic carbocycles. The third kappa shape index (κ3) is 5.94. The van der Waals surface area contributed by atoms with Gasteiger partial charge in [0.05, 0.1) is 6.10 Å². The van der Waals surface area contributed by atoms with Crippen LogP contribution < -0.4 is 0 Å². The zero-order valence-corrected chi connectivity index (χ0v) is 11.4. The fraction of sp³-hybridized carbons (Fsp3) is 0.467. The van der Waals surface area contributed by atoms with Gasteiger partial charge >= 0.3 is 0 Å². The second kappa shape index (κ2) is 8.37. The van der Waals surface area contributed by atoms with E-state index in [9.17, 15) is 5.11 Å². The highest BCUT2D eigenvalue weighted by Gasteiger charge is 2.00. The summed E-state index contributed by atoms with van der Waals surface area (Å²) in [5.41, 5.74) is 0.986. The molecule has 17 heavy (non-hydrogen) atoms. The van der Waals surface area contributed by atoms with E-state index in [4.69, 9.17) is 0 Å². The smallest absolute Gasteiger partial charge is 0.0761 e.